The van der Waals surface area contributed by atoms with Crippen molar-refractivity contribution < 1.29 is 14.3 Å². The van der Waals surface area contributed by atoms with Gasteiger partial charge in [-0.05, 0) is 25.0 Å². The Morgan fingerprint density at radius 3 is 2.72 bits per heavy atom. The van der Waals surface area contributed by atoms with Gasteiger partial charge in [0.2, 0.25) is 11.8 Å². The molecule has 3 heterocycles. The molecule has 2 aliphatic rings. The van der Waals surface area contributed by atoms with E-state index in [0.29, 0.717) is 19.6 Å². The summed E-state index contributed by atoms with van der Waals surface area (Å²) in [6.45, 7) is 4.22. The van der Waals surface area contributed by atoms with Gasteiger partial charge in [0, 0.05) is 58.4 Å². The maximum atomic E-state index is 12.3. The van der Waals surface area contributed by atoms with E-state index < -0.39 is 0 Å². The van der Waals surface area contributed by atoms with Gasteiger partial charge in [0.25, 0.3) is 0 Å². The number of ether oxygens (including phenoxy) is 1. The van der Waals surface area contributed by atoms with Gasteiger partial charge < -0.3 is 19.9 Å². The highest BCUT2D eigenvalue weighted by Crippen LogP contribution is 2.13. The number of carbonyl (C=O) groups is 2. The van der Waals surface area contributed by atoms with E-state index in [1.54, 1.807) is 6.20 Å². The lowest BCUT2D eigenvalue weighted by Gasteiger charge is -2.35. The van der Waals surface area contributed by atoms with Gasteiger partial charge in [-0.3, -0.25) is 9.59 Å². The third-order valence-electron chi connectivity index (χ3n) is 4.72. The van der Waals surface area contributed by atoms with Gasteiger partial charge in [0.15, 0.2) is 0 Å². The smallest absolute Gasteiger partial charge is 0.223 e. The summed E-state index contributed by atoms with van der Waals surface area (Å²) in [5.41, 5.74) is 0. The first-order valence-electron chi connectivity index (χ1n) is 9.04. The average molecular weight is 346 g/mol. The van der Waals surface area contributed by atoms with E-state index in [4.69, 9.17) is 4.74 Å². The van der Waals surface area contributed by atoms with Crippen molar-refractivity contribution in [2.24, 2.45) is 0 Å². The van der Waals surface area contributed by atoms with E-state index in [9.17, 15) is 9.59 Å². The van der Waals surface area contributed by atoms with Gasteiger partial charge in [-0.15, -0.1) is 0 Å². The van der Waals surface area contributed by atoms with Crippen molar-refractivity contribution in [3.05, 3.63) is 24.4 Å². The average Bonchev–Trinajstić information content (AvgIpc) is 3.19. The van der Waals surface area contributed by atoms with Crippen LogP contribution in [0.25, 0.3) is 0 Å². The first-order valence-corrected chi connectivity index (χ1v) is 9.04. The van der Waals surface area contributed by atoms with E-state index in [0.717, 1.165) is 38.4 Å². The molecule has 0 unspecified atom stereocenters. The Bertz CT molecular complexity index is 567. The number of hydrogen-bond donors (Lipinski definition) is 1. The van der Waals surface area contributed by atoms with Gasteiger partial charge in [-0.1, -0.05) is 6.07 Å². The summed E-state index contributed by atoms with van der Waals surface area (Å²) in [4.78, 5) is 32.5. The molecule has 2 fully saturated rings. The van der Waals surface area contributed by atoms with Gasteiger partial charge in [-0.2, -0.15) is 0 Å². The standard InChI is InChI=1S/C18H26N4O3/c23-17(20-14-15-4-3-13-25-15)6-7-18(24)22-11-9-21(10-12-22)16-5-1-2-8-19-16/h1-2,5,8,15H,3-4,6-7,9-14H2,(H,20,23)/t15-/m0/s1. The Hall–Kier alpha value is -2.15. The highest BCUT2D eigenvalue weighted by molar-refractivity contribution is 5.83. The van der Waals surface area contributed by atoms with Crippen molar-refractivity contribution in [2.45, 2.75) is 31.8 Å². The number of carbonyl (C=O) groups excluding carboxylic acids is 2. The highest BCUT2D eigenvalue weighted by Gasteiger charge is 2.22. The molecule has 7 nitrogen and oxygen atoms in total. The van der Waals surface area contributed by atoms with Crippen LogP contribution in [0.5, 0.6) is 0 Å². The van der Waals surface area contributed by atoms with E-state index in [1.807, 2.05) is 23.1 Å². The minimum Gasteiger partial charge on any atom is -0.376 e. The molecule has 3 rings (SSSR count). The Kier molecular flexibility index (Phi) is 6.22. The first-order chi connectivity index (χ1) is 12.2. The van der Waals surface area contributed by atoms with Crippen LogP contribution < -0.4 is 10.2 Å². The first kappa shape index (κ1) is 17.7. The largest absolute Gasteiger partial charge is 0.376 e. The summed E-state index contributed by atoms with van der Waals surface area (Å²) in [5.74, 6) is 0.923. The SMILES string of the molecule is O=C(CCC(=O)N1CCN(c2ccccn2)CC1)NC[C@@H]1CCCO1. The number of nitrogens with zero attached hydrogens (tertiary/aromatic N) is 3. The van der Waals surface area contributed by atoms with Crippen LogP contribution in [0.2, 0.25) is 0 Å². The molecule has 7 heteroatoms. The molecule has 1 aromatic heterocycles. The van der Waals surface area contributed by atoms with Gasteiger partial charge in [-0.25, -0.2) is 4.98 Å². The monoisotopic (exact) mass is 346 g/mol. The zero-order valence-electron chi connectivity index (χ0n) is 14.5. The zero-order chi connectivity index (χ0) is 17.5. The summed E-state index contributed by atoms with van der Waals surface area (Å²) in [6, 6.07) is 5.85. The van der Waals surface area contributed by atoms with Crippen LogP contribution >= 0.6 is 0 Å². The van der Waals surface area contributed by atoms with Crippen molar-refractivity contribution in [2.75, 3.05) is 44.2 Å². The third kappa shape index (κ3) is 5.16. The number of aromatic nitrogens is 1. The maximum Gasteiger partial charge on any atom is 0.223 e. The molecule has 1 N–H and O–H groups in total. The zero-order valence-corrected chi connectivity index (χ0v) is 14.5. The Labute approximate surface area is 148 Å². The molecule has 1 atom stereocenters. The second-order valence-electron chi connectivity index (χ2n) is 6.49. The lowest BCUT2D eigenvalue weighted by Crippen LogP contribution is -2.49. The summed E-state index contributed by atoms with van der Waals surface area (Å²) in [5, 5.41) is 2.86. The van der Waals surface area contributed by atoms with E-state index in [1.165, 1.54) is 0 Å². The molecule has 136 valence electrons. The molecule has 25 heavy (non-hydrogen) atoms. The predicted octanol–water partition coefficient (Wildman–Crippen LogP) is 0.806. The van der Waals surface area contributed by atoms with E-state index >= 15 is 0 Å². The van der Waals surface area contributed by atoms with Crippen LogP contribution in [-0.2, 0) is 14.3 Å². The maximum absolute atomic E-state index is 12.3. The fourth-order valence-electron chi connectivity index (χ4n) is 3.23. The summed E-state index contributed by atoms with van der Waals surface area (Å²) < 4.78 is 5.47. The number of nitrogens with one attached hydrogen (secondary N) is 1. The molecule has 0 radical (unpaired) electrons. The van der Waals surface area contributed by atoms with Crippen molar-refractivity contribution in [1.29, 1.82) is 0 Å². The van der Waals surface area contributed by atoms with Crippen LogP contribution in [0.15, 0.2) is 24.4 Å². The van der Waals surface area contributed by atoms with Crippen molar-refractivity contribution in [3.8, 4) is 0 Å². The van der Waals surface area contributed by atoms with Crippen LogP contribution in [0.3, 0.4) is 0 Å². The third-order valence-corrected chi connectivity index (χ3v) is 4.72. The van der Waals surface area contributed by atoms with Crippen molar-refractivity contribution in [3.63, 3.8) is 0 Å². The quantitative estimate of drug-likeness (QED) is 0.825. The molecule has 0 saturated carbocycles. The number of pyridine rings is 1. The number of amides is 2. The van der Waals surface area contributed by atoms with Gasteiger partial charge >= 0.3 is 0 Å². The van der Waals surface area contributed by atoms with Crippen LogP contribution in [0.4, 0.5) is 5.82 Å². The molecule has 2 saturated heterocycles. The number of hydrogen-bond acceptors (Lipinski definition) is 5. The molecular formula is C18H26N4O3. The minimum atomic E-state index is -0.0732. The second kappa shape index (κ2) is 8.80. The van der Waals surface area contributed by atoms with Gasteiger partial charge in [0.05, 0.1) is 6.10 Å². The van der Waals surface area contributed by atoms with Crippen molar-refractivity contribution in [1.82, 2.24) is 15.2 Å². The Balaban J connectivity index is 1.34. The molecule has 1 aromatic rings. The normalized spacial score (nSPS) is 20.6. The fraction of sp³-hybridized carbons (Fsp3) is 0.611. The number of piperazine rings is 1. The predicted molar refractivity (Wildman–Crippen MR) is 94.2 cm³/mol. The van der Waals surface area contributed by atoms with E-state index in [-0.39, 0.29) is 30.8 Å². The summed E-state index contributed by atoms with van der Waals surface area (Å²) in [6.07, 6.45) is 4.48. The Morgan fingerprint density at radius 2 is 2.04 bits per heavy atom. The van der Waals surface area contributed by atoms with Crippen LogP contribution in [-0.4, -0.2) is 67.1 Å². The number of anilines is 1. The Morgan fingerprint density at radius 1 is 1.20 bits per heavy atom. The van der Waals surface area contributed by atoms with Crippen molar-refractivity contribution >= 4 is 17.6 Å². The lowest BCUT2D eigenvalue weighted by atomic mass is 10.2. The molecular weight excluding hydrogens is 320 g/mol. The second-order valence-corrected chi connectivity index (χ2v) is 6.49. The summed E-state index contributed by atoms with van der Waals surface area (Å²) in [7, 11) is 0. The molecule has 0 spiro atoms. The molecule has 2 amide bonds. The summed E-state index contributed by atoms with van der Waals surface area (Å²) >= 11 is 0. The topological polar surface area (TPSA) is 74.8 Å². The lowest BCUT2D eigenvalue weighted by molar-refractivity contribution is -0.134. The number of rotatable bonds is 6. The minimum absolute atomic E-state index is 0.0490. The van der Waals surface area contributed by atoms with E-state index in [2.05, 4.69) is 15.2 Å². The highest BCUT2D eigenvalue weighted by atomic mass is 16.5. The molecule has 2 aliphatic heterocycles. The van der Waals surface area contributed by atoms with Crippen LogP contribution in [0, 0.1) is 0 Å². The van der Waals surface area contributed by atoms with Gasteiger partial charge in [0.1, 0.15) is 5.82 Å². The molecule has 0 aliphatic carbocycles. The molecule has 0 aromatic carbocycles. The fourth-order valence-corrected chi connectivity index (χ4v) is 3.23. The molecule has 0 bridgehead atoms. The van der Waals surface area contributed by atoms with Crippen LogP contribution in [0.1, 0.15) is 25.7 Å².